The molecule has 0 aliphatic heterocycles. The molecule has 0 spiro atoms. The number of nitrogens with one attached hydrogen (secondary N) is 1. The smallest absolute Gasteiger partial charge is 0.0704 e. The summed E-state index contributed by atoms with van der Waals surface area (Å²) in [7, 11) is 0. The molecule has 1 aromatic heterocycles. The first-order chi connectivity index (χ1) is 6.19. The van der Waals surface area contributed by atoms with Gasteiger partial charge in [0.15, 0.2) is 0 Å². The van der Waals surface area contributed by atoms with Crippen molar-refractivity contribution < 1.29 is 0 Å². The summed E-state index contributed by atoms with van der Waals surface area (Å²) in [5, 5.41) is 3.49. The Hall–Kier alpha value is 0.140. The molecule has 1 aromatic rings. The summed E-state index contributed by atoms with van der Waals surface area (Å²) in [4.78, 5) is 1.42. The topological polar surface area (TPSA) is 12.0 Å². The van der Waals surface area contributed by atoms with Crippen molar-refractivity contribution in [3.05, 3.63) is 20.3 Å². The Balaban J connectivity index is 2.83. The highest BCUT2D eigenvalue weighted by Gasteiger charge is 2.12. The Labute approximate surface area is 92.7 Å². The minimum atomic E-state index is 0.521. The van der Waals surface area contributed by atoms with Gasteiger partial charge in [-0.15, -0.1) is 11.3 Å². The molecule has 0 aliphatic carbocycles. The maximum Gasteiger partial charge on any atom is 0.0704 e. The van der Waals surface area contributed by atoms with Gasteiger partial charge in [-0.2, -0.15) is 0 Å². The van der Waals surface area contributed by atoms with Crippen molar-refractivity contribution >= 4 is 27.3 Å². The Morgan fingerprint density at radius 2 is 2.23 bits per heavy atom. The van der Waals surface area contributed by atoms with Gasteiger partial charge in [-0.05, 0) is 47.4 Å². The largest absolute Gasteiger partial charge is 0.310 e. The molecule has 13 heavy (non-hydrogen) atoms. The molecule has 0 bridgehead atoms. The summed E-state index contributed by atoms with van der Waals surface area (Å²) in [5.41, 5.74) is 1.45. The normalized spacial score (nSPS) is 13.2. The van der Waals surface area contributed by atoms with Gasteiger partial charge in [0.25, 0.3) is 0 Å². The molecular weight excluding hydrogens is 246 g/mol. The van der Waals surface area contributed by atoms with E-state index in [1.54, 1.807) is 0 Å². The summed E-state index contributed by atoms with van der Waals surface area (Å²) in [6.45, 7) is 7.59. The zero-order chi connectivity index (χ0) is 9.84. The average Bonchev–Trinajstić information content (AvgIpc) is 2.41. The van der Waals surface area contributed by atoms with Crippen molar-refractivity contribution in [3.63, 3.8) is 0 Å². The maximum absolute atomic E-state index is 3.52. The predicted octanol–water partition coefficient (Wildman–Crippen LogP) is 3.88. The van der Waals surface area contributed by atoms with E-state index in [-0.39, 0.29) is 0 Å². The summed E-state index contributed by atoms with van der Waals surface area (Å²) in [5.74, 6) is 0. The highest BCUT2D eigenvalue weighted by Crippen LogP contribution is 2.31. The van der Waals surface area contributed by atoms with Gasteiger partial charge in [0.05, 0.1) is 3.79 Å². The van der Waals surface area contributed by atoms with Crippen LogP contribution >= 0.6 is 27.3 Å². The lowest BCUT2D eigenvalue weighted by atomic mass is 10.1. The third kappa shape index (κ3) is 2.79. The van der Waals surface area contributed by atoms with Crippen LogP contribution in [0, 0.1) is 6.92 Å². The van der Waals surface area contributed by atoms with E-state index in [9.17, 15) is 0 Å². The van der Waals surface area contributed by atoms with Gasteiger partial charge in [0.2, 0.25) is 0 Å². The number of halogens is 1. The zero-order valence-corrected chi connectivity index (χ0v) is 10.8. The molecule has 0 amide bonds. The first kappa shape index (κ1) is 11.2. The summed E-state index contributed by atoms with van der Waals surface area (Å²) in [6, 6.07) is 2.75. The second-order valence-corrected chi connectivity index (χ2v) is 5.72. The minimum Gasteiger partial charge on any atom is -0.310 e. The molecule has 74 valence electrons. The number of aryl methyl sites for hydroxylation is 1. The van der Waals surface area contributed by atoms with Gasteiger partial charge in [-0.3, -0.25) is 0 Å². The van der Waals surface area contributed by atoms with Crippen LogP contribution < -0.4 is 5.32 Å². The van der Waals surface area contributed by atoms with Crippen LogP contribution in [-0.4, -0.2) is 6.54 Å². The number of rotatable bonds is 4. The van der Waals surface area contributed by atoms with Gasteiger partial charge in [-0.1, -0.05) is 13.8 Å². The average molecular weight is 262 g/mol. The first-order valence-electron chi connectivity index (χ1n) is 4.68. The van der Waals surface area contributed by atoms with Gasteiger partial charge < -0.3 is 5.32 Å². The molecule has 0 aromatic carbocycles. The van der Waals surface area contributed by atoms with E-state index in [4.69, 9.17) is 0 Å². The fraction of sp³-hybridized carbons (Fsp3) is 0.600. The zero-order valence-electron chi connectivity index (χ0n) is 8.36. The van der Waals surface area contributed by atoms with E-state index < -0.39 is 0 Å². The maximum atomic E-state index is 3.52. The molecule has 1 atom stereocenters. The summed E-state index contributed by atoms with van der Waals surface area (Å²) >= 11 is 5.34. The van der Waals surface area contributed by atoms with Crippen LogP contribution in [0.4, 0.5) is 0 Å². The monoisotopic (exact) mass is 261 g/mol. The van der Waals surface area contributed by atoms with Gasteiger partial charge >= 0.3 is 0 Å². The molecule has 1 rings (SSSR count). The van der Waals surface area contributed by atoms with Gasteiger partial charge in [-0.25, -0.2) is 0 Å². The quantitative estimate of drug-likeness (QED) is 0.868. The van der Waals surface area contributed by atoms with Crippen LogP contribution in [0.1, 0.15) is 36.8 Å². The fourth-order valence-electron chi connectivity index (χ4n) is 1.53. The molecule has 1 nitrogen and oxygen atoms in total. The highest BCUT2D eigenvalue weighted by molar-refractivity contribution is 9.11. The third-order valence-corrected chi connectivity index (χ3v) is 3.73. The lowest BCUT2D eigenvalue weighted by Crippen LogP contribution is -2.20. The Morgan fingerprint density at radius 3 is 2.62 bits per heavy atom. The molecular formula is C10H16BrNS. The van der Waals surface area contributed by atoms with E-state index in [1.165, 1.54) is 14.2 Å². The van der Waals surface area contributed by atoms with Crippen molar-refractivity contribution in [2.75, 3.05) is 6.54 Å². The molecule has 0 saturated heterocycles. The number of hydrogen-bond donors (Lipinski definition) is 1. The van der Waals surface area contributed by atoms with Crippen molar-refractivity contribution in [2.24, 2.45) is 0 Å². The molecule has 1 N–H and O–H groups in total. The summed E-state index contributed by atoms with van der Waals surface area (Å²) in [6.07, 6.45) is 1.15. The third-order valence-electron chi connectivity index (χ3n) is 2.16. The van der Waals surface area contributed by atoms with Crippen LogP contribution in [0.5, 0.6) is 0 Å². The van der Waals surface area contributed by atoms with Crippen molar-refractivity contribution in [1.29, 1.82) is 0 Å². The molecule has 0 aliphatic rings. The Morgan fingerprint density at radius 1 is 1.54 bits per heavy atom. The lowest BCUT2D eigenvalue weighted by Gasteiger charge is -2.15. The Kier molecular flexibility index (Phi) is 4.42. The van der Waals surface area contributed by atoms with E-state index in [0.717, 1.165) is 13.0 Å². The standard InChI is InChI=1S/C10H16BrNS/c1-4-9(12-5-2)8-6-10(11)13-7(8)3/h6,9,12H,4-5H2,1-3H3. The molecule has 0 saturated carbocycles. The summed E-state index contributed by atoms with van der Waals surface area (Å²) < 4.78 is 1.23. The fourth-order valence-corrected chi connectivity index (χ4v) is 3.30. The second kappa shape index (κ2) is 5.13. The van der Waals surface area contributed by atoms with Crippen molar-refractivity contribution in [2.45, 2.75) is 33.2 Å². The lowest BCUT2D eigenvalue weighted by molar-refractivity contribution is 0.537. The molecule has 3 heteroatoms. The first-order valence-corrected chi connectivity index (χ1v) is 6.29. The molecule has 1 unspecified atom stereocenters. The van der Waals surface area contributed by atoms with Crippen LogP contribution in [-0.2, 0) is 0 Å². The predicted molar refractivity (Wildman–Crippen MR) is 63.5 cm³/mol. The highest BCUT2D eigenvalue weighted by atomic mass is 79.9. The van der Waals surface area contributed by atoms with Crippen LogP contribution in [0.3, 0.4) is 0 Å². The minimum absolute atomic E-state index is 0.521. The van der Waals surface area contributed by atoms with E-state index in [1.807, 2.05) is 11.3 Å². The Bertz CT molecular complexity index is 270. The molecule has 0 radical (unpaired) electrons. The molecule has 0 fully saturated rings. The van der Waals surface area contributed by atoms with E-state index in [0.29, 0.717) is 6.04 Å². The SMILES string of the molecule is CCNC(CC)c1cc(Br)sc1C. The van der Waals surface area contributed by atoms with Crippen LogP contribution in [0.15, 0.2) is 9.85 Å². The molecule has 1 heterocycles. The number of hydrogen-bond acceptors (Lipinski definition) is 2. The van der Waals surface area contributed by atoms with Crippen LogP contribution in [0.25, 0.3) is 0 Å². The van der Waals surface area contributed by atoms with Crippen LogP contribution in [0.2, 0.25) is 0 Å². The van der Waals surface area contributed by atoms with Crippen molar-refractivity contribution in [1.82, 2.24) is 5.32 Å². The van der Waals surface area contributed by atoms with Gasteiger partial charge in [0, 0.05) is 10.9 Å². The number of thiophene rings is 1. The van der Waals surface area contributed by atoms with Gasteiger partial charge in [0.1, 0.15) is 0 Å². The van der Waals surface area contributed by atoms with Crippen molar-refractivity contribution in [3.8, 4) is 0 Å². The van der Waals surface area contributed by atoms with E-state index >= 15 is 0 Å². The van der Waals surface area contributed by atoms with E-state index in [2.05, 4.69) is 48.1 Å². The second-order valence-electron chi connectivity index (χ2n) is 3.08.